The lowest BCUT2D eigenvalue weighted by Gasteiger charge is -2.26. The molecule has 11 heteroatoms. The van der Waals surface area contributed by atoms with Crippen LogP contribution in [-0.2, 0) is 18.3 Å². The van der Waals surface area contributed by atoms with Crippen molar-refractivity contribution < 1.29 is 9.53 Å². The number of anilines is 2. The van der Waals surface area contributed by atoms with E-state index in [9.17, 15) is 9.59 Å². The summed E-state index contributed by atoms with van der Waals surface area (Å²) in [6.07, 6.45) is 3.18. The van der Waals surface area contributed by atoms with E-state index in [1.165, 1.54) is 10.1 Å². The molecule has 0 bridgehead atoms. The molecule has 4 N–H and O–H groups in total. The smallest absolute Gasteiger partial charge is 0.323 e. The second kappa shape index (κ2) is 8.88. The minimum Gasteiger partial charge on any atom is -0.379 e. The van der Waals surface area contributed by atoms with E-state index >= 15 is 0 Å². The van der Waals surface area contributed by atoms with Crippen molar-refractivity contribution in [1.29, 1.82) is 0 Å². The standard InChI is InChI=1S/C22H24N8O3/c1-29-6-2-3-16(21(29)31)26-22(32)27-18-12-23-28-19(18)20-24-15-5-4-14(11-17(15)25-20)13-30-7-9-33-10-8-30/h2-6,11-12H,7-10,13H2,1H3,(H,23,28)(H,24,25)(H2,26,27,32). The minimum atomic E-state index is -0.551. The van der Waals surface area contributed by atoms with Crippen LogP contribution in [-0.4, -0.2) is 62.0 Å². The second-order valence-electron chi connectivity index (χ2n) is 7.89. The Kier molecular flexibility index (Phi) is 5.63. The van der Waals surface area contributed by atoms with Crippen LogP contribution in [0.5, 0.6) is 0 Å². The number of morpholine rings is 1. The largest absolute Gasteiger partial charge is 0.379 e. The van der Waals surface area contributed by atoms with Crippen LogP contribution in [0.1, 0.15) is 5.56 Å². The van der Waals surface area contributed by atoms with Crippen molar-refractivity contribution in [3.8, 4) is 11.5 Å². The molecule has 33 heavy (non-hydrogen) atoms. The number of hydrogen-bond acceptors (Lipinski definition) is 6. The number of benzene rings is 1. The van der Waals surface area contributed by atoms with Gasteiger partial charge in [-0.3, -0.25) is 14.8 Å². The van der Waals surface area contributed by atoms with Gasteiger partial charge >= 0.3 is 6.03 Å². The maximum absolute atomic E-state index is 12.5. The van der Waals surface area contributed by atoms with E-state index in [2.05, 4.69) is 47.8 Å². The molecule has 4 aromatic rings. The summed E-state index contributed by atoms with van der Waals surface area (Å²) in [5.74, 6) is 0.528. The molecule has 11 nitrogen and oxygen atoms in total. The summed E-state index contributed by atoms with van der Waals surface area (Å²) in [4.78, 5) is 34.9. The molecular weight excluding hydrogens is 424 g/mol. The van der Waals surface area contributed by atoms with Crippen LogP contribution in [0.2, 0.25) is 0 Å². The quantitative estimate of drug-likeness (QED) is 0.370. The number of nitrogens with zero attached hydrogens (tertiary/aromatic N) is 4. The minimum absolute atomic E-state index is 0.180. The van der Waals surface area contributed by atoms with E-state index in [1.54, 1.807) is 31.6 Å². The Hall–Kier alpha value is -3.96. The van der Waals surface area contributed by atoms with Crippen LogP contribution < -0.4 is 16.2 Å². The number of urea groups is 1. The van der Waals surface area contributed by atoms with Gasteiger partial charge in [0.25, 0.3) is 5.56 Å². The Labute approximate surface area is 188 Å². The van der Waals surface area contributed by atoms with Gasteiger partial charge in [-0.2, -0.15) is 5.10 Å². The highest BCUT2D eigenvalue weighted by Gasteiger charge is 2.17. The number of rotatable bonds is 5. The normalized spacial score (nSPS) is 14.5. The van der Waals surface area contributed by atoms with Gasteiger partial charge in [0.2, 0.25) is 0 Å². The van der Waals surface area contributed by atoms with Gasteiger partial charge in [-0.25, -0.2) is 9.78 Å². The summed E-state index contributed by atoms with van der Waals surface area (Å²) < 4.78 is 6.80. The second-order valence-corrected chi connectivity index (χ2v) is 7.89. The van der Waals surface area contributed by atoms with Crippen LogP contribution in [0.15, 0.2) is 47.5 Å². The molecular formula is C22H24N8O3. The first-order chi connectivity index (χ1) is 16.1. The number of nitrogens with one attached hydrogen (secondary N) is 4. The van der Waals surface area contributed by atoms with Crippen LogP contribution in [0, 0.1) is 0 Å². The predicted molar refractivity (Wildman–Crippen MR) is 124 cm³/mol. The molecule has 170 valence electrons. The fourth-order valence-corrected chi connectivity index (χ4v) is 3.81. The number of aryl methyl sites for hydroxylation is 1. The predicted octanol–water partition coefficient (Wildman–Crippen LogP) is 2.13. The van der Waals surface area contributed by atoms with Crippen molar-refractivity contribution in [3.05, 3.63) is 58.6 Å². The molecule has 0 radical (unpaired) electrons. The topological polar surface area (TPSA) is 133 Å². The van der Waals surface area contributed by atoms with E-state index in [0.717, 1.165) is 43.9 Å². The molecule has 0 saturated carbocycles. The molecule has 1 aliphatic heterocycles. The zero-order valence-corrected chi connectivity index (χ0v) is 18.1. The van der Waals surface area contributed by atoms with E-state index in [4.69, 9.17) is 4.74 Å². The molecule has 3 aromatic heterocycles. The highest BCUT2D eigenvalue weighted by Crippen LogP contribution is 2.26. The van der Waals surface area contributed by atoms with E-state index in [0.29, 0.717) is 17.2 Å². The summed E-state index contributed by atoms with van der Waals surface area (Å²) in [5.41, 5.74) is 3.66. The summed E-state index contributed by atoms with van der Waals surface area (Å²) in [6.45, 7) is 4.20. The lowest BCUT2D eigenvalue weighted by molar-refractivity contribution is 0.0342. The van der Waals surface area contributed by atoms with Crippen molar-refractivity contribution >= 4 is 28.4 Å². The van der Waals surface area contributed by atoms with Gasteiger partial charge in [-0.1, -0.05) is 6.07 Å². The number of fused-ring (bicyclic) bond motifs is 1. The highest BCUT2D eigenvalue weighted by atomic mass is 16.5. The fourth-order valence-electron chi connectivity index (χ4n) is 3.81. The lowest BCUT2D eigenvalue weighted by Crippen LogP contribution is -2.35. The molecule has 1 fully saturated rings. The Bertz CT molecular complexity index is 1350. The molecule has 0 atom stereocenters. The third kappa shape index (κ3) is 4.49. The monoisotopic (exact) mass is 448 g/mol. The van der Waals surface area contributed by atoms with Gasteiger partial charge in [-0.15, -0.1) is 0 Å². The first-order valence-corrected chi connectivity index (χ1v) is 10.6. The molecule has 1 aliphatic rings. The summed E-state index contributed by atoms with van der Waals surface area (Å²) in [7, 11) is 1.62. The number of aromatic nitrogens is 5. The Morgan fingerprint density at radius 2 is 2.00 bits per heavy atom. The van der Waals surface area contributed by atoms with Crippen molar-refractivity contribution in [2.45, 2.75) is 6.54 Å². The van der Waals surface area contributed by atoms with Crippen molar-refractivity contribution in [2.24, 2.45) is 7.05 Å². The molecule has 2 amide bonds. The molecule has 0 aliphatic carbocycles. The average Bonchev–Trinajstić information content (AvgIpc) is 3.44. The molecule has 4 heterocycles. The Balaban J connectivity index is 1.33. The van der Waals surface area contributed by atoms with E-state index in [-0.39, 0.29) is 11.2 Å². The van der Waals surface area contributed by atoms with E-state index < -0.39 is 6.03 Å². The summed E-state index contributed by atoms with van der Waals surface area (Å²) in [5, 5.41) is 12.3. The van der Waals surface area contributed by atoms with Gasteiger partial charge in [0.15, 0.2) is 11.5 Å². The number of carbonyl (C=O) groups is 1. The SMILES string of the molecule is Cn1cccc(NC(=O)Nc2c[nH]nc2-c2nc3cc(CN4CCOCC4)ccc3[nH]2)c1=O. The highest BCUT2D eigenvalue weighted by molar-refractivity contribution is 6.01. The van der Waals surface area contributed by atoms with Crippen molar-refractivity contribution in [1.82, 2.24) is 29.6 Å². The number of carbonyl (C=O) groups excluding carboxylic acids is 1. The third-order valence-electron chi connectivity index (χ3n) is 5.54. The van der Waals surface area contributed by atoms with Crippen molar-refractivity contribution in [3.63, 3.8) is 0 Å². The average molecular weight is 448 g/mol. The van der Waals surface area contributed by atoms with Crippen LogP contribution in [0.25, 0.3) is 22.6 Å². The first-order valence-electron chi connectivity index (χ1n) is 10.6. The number of aromatic amines is 2. The summed E-state index contributed by atoms with van der Waals surface area (Å²) in [6, 6.07) is 8.82. The molecule has 0 unspecified atom stereocenters. The molecule has 1 aromatic carbocycles. The third-order valence-corrected chi connectivity index (χ3v) is 5.54. The number of hydrogen-bond donors (Lipinski definition) is 4. The van der Waals surface area contributed by atoms with Crippen LogP contribution in [0.3, 0.4) is 0 Å². The molecule has 0 spiro atoms. The van der Waals surface area contributed by atoms with Gasteiger partial charge in [0.05, 0.1) is 29.9 Å². The van der Waals surface area contributed by atoms with Gasteiger partial charge in [0, 0.05) is 39.1 Å². The summed E-state index contributed by atoms with van der Waals surface area (Å²) >= 11 is 0. The number of pyridine rings is 1. The maximum atomic E-state index is 12.5. The van der Waals surface area contributed by atoms with Crippen molar-refractivity contribution in [2.75, 3.05) is 36.9 Å². The van der Waals surface area contributed by atoms with Crippen LogP contribution in [0.4, 0.5) is 16.2 Å². The van der Waals surface area contributed by atoms with Gasteiger partial charge in [0.1, 0.15) is 5.69 Å². The number of H-pyrrole nitrogens is 2. The number of imidazole rings is 1. The fraction of sp³-hybridized carbons (Fsp3) is 0.273. The Morgan fingerprint density at radius 1 is 1.18 bits per heavy atom. The maximum Gasteiger partial charge on any atom is 0.323 e. The first kappa shape index (κ1) is 20.9. The zero-order valence-electron chi connectivity index (χ0n) is 18.1. The number of ether oxygens (including phenoxy) is 1. The van der Waals surface area contributed by atoms with Gasteiger partial charge < -0.3 is 24.9 Å². The zero-order chi connectivity index (χ0) is 22.8. The van der Waals surface area contributed by atoms with E-state index in [1.807, 2.05) is 6.07 Å². The Morgan fingerprint density at radius 3 is 2.85 bits per heavy atom. The molecule has 1 saturated heterocycles. The number of amides is 2. The molecule has 5 rings (SSSR count). The van der Waals surface area contributed by atoms with Crippen LogP contribution >= 0.6 is 0 Å². The lowest BCUT2D eigenvalue weighted by atomic mass is 10.2. The van der Waals surface area contributed by atoms with Gasteiger partial charge in [-0.05, 0) is 29.8 Å².